The third-order valence-electron chi connectivity index (χ3n) is 3.89. The zero-order valence-electron chi connectivity index (χ0n) is 13.7. The Morgan fingerprint density at radius 3 is 2.83 bits per heavy atom. The average Bonchev–Trinajstić information content (AvgIpc) is 2.57. The van der Waals surface area contributed by atoms with Crippen LogP contribution in [0.25, 0.3) is 11.0 Å². The molecule has 0 aliphatic heterocycles. The molecule has 5 nitrogen and oxygen atoms in total. The van der Waals surface area contributed by atoms with Crippen LogP contribution in [-0.4, -0.2) is 14.5 Å². The van der Waals surface area contributed by atoms with Gasteiger partial charge in [-0.05, 0) is 37.1 Å². The average molecular weight is 343 g/mol. The number of hydrogen-bond acceptors (Lipinski definition) is 4. The van der Waals surface area contributed by atoms with E-state index in [0.717, 1.165) is 29.5 Å². The standard InChI is InChI=1S/C18H19ClN4O/c1-3-4-9-23-16(24)8-6-13-11-20-18(22-17(13)23)21-14-7-5-12(2)15(19)10-14/h5-8,10-11H,3-4,9H2,1-2H3,(H,20,21,22). The van der Waals surface area contributed by atoms with Crippen LogP contribution in [0.5, 0.6) is 0 Å². The lowest BCUT2D eigenvalue weighted by Crippen LogP contribution is -2.20. The Hall–Kier alpha value is -2.40. The van der Waals surface area contributed by atoms with Crippen molar-refractivity contribution in [3.8, 4) is 0 Å². The highest BCUT2D eigenvalue weighted by atomic mass is 35.5. The Labute approximate surface area is 145 Å². The van der Waals surface area contributed by atoms with E-state index in [1.807, 2.05) is 25.1 Å². The molecule has 0 saturated heterocycles. The Bertz CT molecular complexity index is 936. The first-order valence-corrected chi connectivity index (χ1v) is 8.36. The van der Waals surface area contributed by atoms with Gasteiger partial charge < -0.3 is 5.32 Å². The van der Waals surface area contributed by atoms with E-state index in [0.29, 0.717) is 23.2 Å². The lowest BCUT2D eigenvalue weighted by atomic mass is 10.2. The van der Waals surface area contributed by atoms with Crippen molar-refractivity contribution in [3.63, 3.8) is 0 Å². The number of nitrogens with one attached hydrogen (secondary N) is 1. The van der Waals surface area contributed by atoms with Gasteiger partial charge in [0.15, 0.2) is 0 Å². The molecular formula is C18H19ClN4O. The fourth-order valence-electron chi connectivity index (χ4n) is 2.46. The normalized spacial score (nSPS) is 11.0. The van der Waals surface area contributed by atoms with Crippen LogP contribution in [0.2, 0.25) is 5.02 Å². The molecule has 0 aliphatic rings. The molecule has 0 spiro atoms. The molecular weight excluding hydrogens is 324 g/mol. The van der Waals surface area contributed by atoms with Gasteiger partial charge in [0.05, 0.1) is 0 Å². The van der Waals surface area contributed by atoms with E-state index in [1.165, 1.54) is 0 Å². The molecule has 0 bridgehead atoms. The van der Waals surface area contributed by atoms with Gasteiger partial charge in [-0.25, -0.2) is 4.98 Å². The molecule has 0 unspecified atom stereocenters. The number of pyridine rings is 1. The number of hydrogen-bond donors (Lipinski definition) is 1. The summed E-state index contributed by atoms with van der Waals surface area (Å²) in [5.74, 6) is 0.443. The van der Waals surface area contributed by atoms with Gasteiger partial charge in [-0.2, -0.15) is 4.98 Å². The van der Waals surface area contributed by atoms with E-state index in [1.54, 1.807) is 22.9 Å². The molecule has 0 amide bonds. The second-order valence-corrected chi connectivity index (χ2v) is 6.15. The van der Waals surface area contributed by atoms with Gasteiger partial charge in [-0.3, -0.25) is 9.36 Å². The third kappa shape index (κ3) is 3.41. The summed E-state index contributed by atoms with van der Waals surface area (Å²) in [5, 5.41) is 4.67. The maximum absolute atomic E-state index is 12.2. The Morgan fingerprint density at radius 2 is 2.08 bits per heavy atom. The number of unbranched alkanes of at least 4 members (excludes halogenated alkanes) is 1. The first kappa shape index (κ1) is 16.5. The number of nitrogens with zero attached hydrogens (tertiary/aromatic N) is 3. The summed E-state index contributed by atoms with van der Waals surface area (Å²) < 4.78 is 1.70. The van der Waals surface area contributed by atoms with Crippen molar-refractivity contribution in [2.45, 2.75) is 33.2 Å². The molecule has 0 saturated carbocycles. The SMILES string of the molecule is CCCCn1c(=O)ccc2cnc(Nc3ccc(C)c(Cl)c3)nc21. The minimum atomic E-state index is -0.0426. The van der Waals surface area contributed by atoms with Crippen LogP contribution in [0.4, 0.5) is 11.6 Å². The van der Waals surface area contributed by atoms with Gasteiger partial charge in [0.1, 0.15) is 5.65 Å². The molecule has 2 aromatic heterocycles. The van der Waals surface area contributed by atoms with Gasteiger partial charge in [-0.15, -0.1) is 0 Å². The maximum atomic E-state index is 12.2. The molecule has 1 aromatic carbocycles. The van der Waals surface area contributed by atoms with Crippen LogP contribution in [0.3, 0.4) is 0 Å². The maximum Gasteiger partial charge on any atom is 0.252 e. The molecule has 6 heteroatoms. The minimum Gasteiger partial charge on any atom is -0.324 e. The fourth-order valence-corrected chi connectivity index (χ4v) is 2.64. The van der Waals surface area contributed by atoms with Crippen LogP contribution in [0.1, 0.15) is 25.3 Å². The summed E-state index contributed by atoms with van der Waals surface area (Å²) in [6.45, 7) is 4.70. The van der Waals surface area contributed by atoms with E-state index in [2.05, 4.69) is 22.2 Å². The topological polar surface area (TPSA) is 59.8 Å². The molecule has 0 aliphatic carbocycles. The smallest absolute Gasteiger partial charge is 0.252 e. The molecule has 0 radical (unpaired) electrons. The van der Waals surface area contributed by atoms with Crippen LogP contribution < -0.4 is 10.9 Å². The number of anilines is 2. The van der Waals surface area contributed by atoms with Crippen molar-refractivity contribution in [1.82, 2.24) is 14.5 Å². The zero-order chi connectivity index (χ0) is 17.1. The molecule has 1 N–H and O–H groups in total. The van der Waals surface area contributed by atoms with Crippen molar-refractivity contribution in [1.29, 1.82) is 0 Å². The number of benzene rings is 1. The van der Waals surface area contributed by atoms with E-state index in [4.69, 9.17) is 11.6 Å². The monoisotopic (exact) mass is 342 g/mol. The van der Waals surface area contributed by atoms with Gasteiger partial charge in [0, 0.05) is 34.9 Å². The number of rotatable bonds is 5. The summed E-state index contributed by atoms with van der Waals surface area (Å²) in [5.41, 5.74) is 2.42. The van der Waals surface area contributed by atoms with Gasteiger partial charge in [0.2, 0.25) is 5.95 Å². The Morgan fingerprint density at radius 1 is 1.25 bits per heavy atom. The molecule has 3 aromatic rings. The summed E-state index contributed by atoms with van der Waals surface area (Å²) >= 11 is 6.15. The molecule has 24 heavy (non-hydrogen) atoms. The summed E-state index contributed by atoms with van der Waals surface area (Å²) in [4.78, 5) is 21.0. The van der Waals surface area contributed by atoms with E-state index < -0.39 is 0 Å². The van der Waals surface area contributed by atoms with Crippen molar-refractivity contribution < 1.29 is 0 Å². The highest BCUT2D eigenvalue weighted by Gasteiger charge is 2.07. The quantitative estimate of drug-likeness (QED) is 0.751. The van der Waals surface area contributed by atoms with Crippen LogP contribution in [0.15, 0.2) is 41.3 Å². The number of aryl methyl sites for hydroxylation is 2. The molecule has 0 fully saturated rings. The van der Waals surface area contributed by atoms with Crippen molar-refractivity contribution in [3.05, 3.63) is 57.5 Å². The van der Waals surface area contributed by atoms with E-state index >= 15 is 0 Å². The highest BCUT2D eigenvalue weighted by Crippen LogP contribution is 2.22. The van der Waals surface area contributed by atoms with Crippen LogP contribution in [0, 0.1) is 6.92 Å². The second-order valence-electron chi connectivity index (χ2n) is 5.74. The number of fused-ring (bicyclic) bond motifs is 1. The van der Waals surface area contributed by atoms with Crippen LogP contribution in [-0.2, 0) is 6.54 Å². The minimum absolute atomic E-state index is 0.0426. The molecule has 124 valence electrons. The summed E-state index contributed by atoms with van der Waals surface area (Å²) in [6, 6.07) is 9.01. The van der Waals surface area contributed by atoms with Gasteiger partial charge >= 0.3 is 0 Å². The molecule has 2 heterocycles. The summed E-state index contributed by atoms with van der Waals surface area (Å²) in [6.07, 6.45) is 3.67. The van der Waals surface area contributed by atoms with E-state index in [9.17, 15) is 4.79 Å². The van der Waals surface area contributed by atoms with Crippen molar-refractivity contribution in [2.75, 3.05) is 5.32 Å². The van der Waals surface area contributed by atoms with Crippen LogP contribution >= 0.6 is 11.6 Å². The first-order chi connectivity index (χ1) is 11.6. The molecule has 3 rings (SSSR count). The highest BCUT2D eigenvalue weighted by molar-refractivity contribution is 6.31. The van der Waals surface area contributed by atoms with Gasteiger partial charge in [-0.1, -0.05) is 31.0 Å². The summed E-state index contributed by atoms with van der Waals surface area (Å²) in [7, 11) is 0. The Balaban J connectivity index is 2.00. The number of aromatic nitrogens is 3. The second kappa shape index (κ2) is 7.01. The van der Waals surface area contributed by atoms with Crippen molar-refractivity contribution in [2.24, 2.45) is 0 Å². The lowest BCUT2D eigenvalue weighted by Gasteiger charge is -2.11. The predicted octanol–water partition coefficient (Wildman–Crippen LogP) is 4.30. The van der Waals surface area contributed by atoms with Crippen molar-refractivity contribution >= 4 is 34.3 Å². The molecule has 0 atom stereocenters. The van der Waals surface area contributed by atoms with E-state index in [-0.39, 0.29) is 5.56 Å². The zero-order valence-corrected chi connectivity index (χ0v) is 14.5. The Kier molecular flexibility index (Phi) is 4.81. The number of halogens is 1. The first-order valence-electron chi connectivity index (χ1n) is 7.98. The lowest BCUT2D eigenvalue weighted by molar-refractivity contribution is 0.627. The third-order valence-corrected chi connectivity index (χ3v) is 4.29. The largest absolute Gasteiger partial charge is 0.324 e. The van der Waals surface area contributed by atoms with Gasteiger partial charge in [0.25, 0.3) is 5.56 Å². The predicted molar refractivity (Wildman–Crippen MR) is 98.2 cm³/mol. The fraction of sp³-hybridized carbons (Fsp3) is 0.278.